The first-order chi connectivity index (χ1) is 22.8. The van der Waals surface area contributed by atoms with Gasteiger partial charge in [-0.2, -0.15) is 0 Å². The summed E-state index contributed by atoms with van der Waals surface area (Å²) in [5.41, 5.74) is 7.05. The molecular weight excluding hydrogens is 608 g/mol. The van der Waals surface area contributed by atoms with Crippen LogP contribution in [0.5, 0.6) is 5.75 Å². The van der Waals surface area contributed by atoms with Gasteiger partial charge >= 0.3 is 11.9 Å². The highest BCUT2D eigenvalue weighted by atomic mass is 16.5. The predicted octanol–water partition coefficient (Wildman–Crippen LogP) is 5.18. The largest absolute Gasteiger partial charge is 0.465 e. The molecule has 1 aromatic carbocycles. The molecule has 5 N–H and O–H groups in total. The number of ether oxygens (including phenoxy) is 2. The molecule has 1 amide bonds. The van der Waals surface area contributed by atoms with Gasteiger partial charge in [0.1, 0.15) is 18.3 Å². The third-order valence-electron chi connectivity index (χ3n) is 13.6. The summed E-state index contributed by atoms with van der Waals surface area (Å²) in [4.78, 5) is 37.0. The summed E-state index contributed by atoms with van der Waals surface area (Å²) in [5.74, 6) is 2.03. The summed E-state index contributed by atoms with van der Waals surface area (Å²) in [6.07, 6.45) is 9.22. The topological polar surface area (TPSA) is 148 Å². The predicted molar refractivity (Wildman–Crippen MR) is 184 cm³/mol. The fourth-order valence-corrected chi connectivity index (χ4v) is 11.2. The molecular formula is C39H60N2O7. The summed E-state index contributed by atoms with van der Waals surface area (Å²) in [5, 5.41) is 25.2. The van der Waals surface area contributed by atoms with E-state index in [0.717, 1.165) is 56.9 Å². The van der Waals surface area contributed by atoms with E-state index in [0.29, 0.717) is 54.1 Å². The van der Waals surface area contributed by atoms with Crippen molar-refractivity contribution in [1.82, 2.24) is 5.32 Å². The van der Waals surface area contributed by atoms with E-state index < -0.39 is 18.0 Å². The number of aliphatic hydroxyl groups is 2. The molecule has 4 aliphatic rings. The molecule has 48 heavy (non-hydrogen) atoms. The maximum atomic E-state index is 12.8. The smallest absolute Gasteiger partial charge is 0.330 e. The number of nitrogens with one attached hydrogen (secondary N) is 1. The summed E-state index contributed by atoms with van der Waals surface area (Å²) in [7, 11) is 0. The fourth-order valence-electron chi connectivity index (χ4n) is 11.2. The van der Waals surface area contributed by atoms with Gasteiger partial charge in [0.25, 0.3) is 0 Å². The van der Waals surface area contributed by atoms with Crippen molar-refractivity contribution in [2.45, 2.75) is 123 Å². The van der Waals surface area contributed by atoms with Crippen LogP contribution in [0.1, 0.15) is 104 Å². The summed E-state index contributed by atoms with van der Waals surface area (Å²) in [6.45, 7) is 11.2. The van der Waals surface area contributed by atoms with E-state index >= 15 is 0 Å². The van der Waals surface area contributed by atoms with Crippen LogP contribution in [0, 0.1) is 52.3 Å². The molecule has 12 atom stereocenters. The number of rotatable bonds is 12. The molecule has 0 aromatic heterocycles. The van der Waals surface area contributed by atoms with E-state index in [4.69, 9.17) is 15.2 Å². The lowest BCUT2D eigenvalue weighted by atomic mass is 9.41. The van der Waals surface area contributed by atoms with Crippen LogP contribution in [-0.2, 0) is 25.5 Å². The summed E-state index contributed by atoms with van der Waals surface area (Å²) < 4.78 is 10.3. The molecule has 4 saturated carbocycles. The Bertz CT molecular complexity index is 1290. The molecule has 0 heterocycles. The normalized spacial score (nSPS) is 36.9. The molecule has 0 spiro atoms. The molecule has 1 unspecified atom stereocenters. The van der Waals surface area contributed by atoms with Crippen molar-refractivity contribution in [3.05, 3.63) is 29.8 Å². The lowest BCUT2D eigenvalue weighted by Gasteiger charge is -2.64. The Kier molecular flexibility index (Phi) is 11.6. The number of hydrogen-bond acceptors (Lipinski definition) is 8. The molecule has 0 saturated heterocycles. The SMILES string of the molecule is CCOC(=O)[C@@H](N)Cc1ccc(OC(=O)CNC(=O)CC[C@@H](C)[C@H]2CC[C@H]3[C@@H]4[C@H](O)[C@H](CC)C5C[C@H](O)CC[C@]5(C)[C@H]4CC[C@]23C)cc1. The van der Waals surface area contributed by atoms with Crippen LogP contribution in [0.2, 0.25) is 0 Å². The molecule has 5 rings (SSSR count). The van der Waals surface area contributed by atoms with Gasteiger partial charge in [0.05, 0.1) is 18.8 Å². The van der Waals surface area contributed by atoms with Crippen molar-refractivity contribution in [3.8, 4) is 5.75 Å². The van der Waals surface area contributed by atoms with Gasteiger partial charge in [-0.25, -0.2) is 4.79 Å². The monoisotopic (exact) mass is 668 g/mol. The fraction of sp³-hybridized carbons (Fsp3) is 0.769. The van der Waals surface area contributed by atoms with E-state index in [1.165, 1.54) is 6.42 Å². The van der Waals surface area contributed by atoms with Gasteiger partial charge in [-0.05, 0) is 135 Å². The third kappa shape index (κ3) is 7.34. The maximum absolute atomic E-state index is 12.8. The summed E-state index contributed by atoms with van der Waals surface area (Å²) >= 11 is 0. The van der Waals surface area contributed by atoms with E-state index in [9.17, 15) is 24.6 Å². The molecule has 0 aliphatic heterocycles. The number of benzene rings is 1. The first kappa shape index (κ1) is 36.8. The second kappa shape index (κ2) is 15.2. The average Bonchev–Trinajstić information content (AvgIpc) is 3.41. The van der Waals surface area contributed by atoms with Gasteiger partial charge in [-0.1, -0.05) is 46.2 Å². The second-order valence-corrected chi connectivity index (χ2v) is 16.1. The molecule has 268 valence electrons. The zero-order valence-corrected chi connectivity index (χ0v) is 29.8. The lowest BCUT2D eigenvalue weighted by molar-refractivity contribution is -0.203. The number of carbonyl (C=O) groups excluding carboxylic acids is 3. The zero-order chi connectivity index (χ0) is 34.8. The number of amides is 1. The number of carbonyl (C=O) groups is 3. The van der Waals surface area contributed by atoms with Crippen molar-refractivity contribution < 1.29 is 34.1 Å². The highest BCUT2D eigenvalue weighted by molar-refractivity contribution is 5.82. The van der Waals surface area contributed by atoms with Crippen LogP contribution in [0.25, 0.3) is 0 Å². The molecule has 0 radical (unpaired) electrons. The zero-order valence-electron chi connectivity index (χ0n) is 29.8. The van der Waals surface area contributed by atoms with Crippen LogP contribution in [0.3, 0.4) is 0 Å². The van der Waals surface area contributed by atoms with Crippen molar-refractivity contribution in [2.75, 3.05) is 13.2 Å². The Morgan fingerprint density at radius 2 is 1.67 bits per heavy atom. The number of aliphatic hydroxyl groups excluding tert-OH is 2. The number of fused-ring (bicyclic) bond motifs is 5. The average molecular weight is 669 g/mol. The molecule has 1 aromatic rings. The third-order valence-corrected chi connectivity index (χ3v) is 13.6. The van der Waals surface area contributed by atoms with Gasteiger partial charge < -0.3 is 30.7 Å². The van der Waals surface area contributed by atoms with Crippen molar-refractivity contribution in [1.29, 1.82) is 0 Å². The molecule has 9 nitrogen and oxygen atoms in total. The lowest BCUT2D eigenvalue weighted by Crippen LogP contribution is -2.62. The Morgan fingerprint density at radius 1 is 0.979 bits per heavy atom. The van der Waals surface area contributed by atoms with Crippen molar-refractivity contribution >= 4 is 17.8 Å². The van der Waals surface area contributed by atoms with Crippen LogP contribution >= 0.6 is 0 Å². The van der Waals surface area contributed by atoms with E-state index in [1.54, 1.807) is 31.2 Å². The van der Waals surface area contributed by atoms with Crippen LogP contribution in [0.4, 0.5) is 0 Å². The van der Waals surface area contributed by atoms with Gasteiger partial charge in [0.2, 0.25) is 5.91 Å². The molecule has 0 bridgehead atoms. The van der Waals surface area contributed by atoms with Crippen LogP contribution in [0.15, 0.2) is 24.3 Å². The summed E-state index contributed by atoms with van der Waals surface area (Å²) in [6, 6.07) is 6.02. The van der Waals surface area contributed by atoms with Gasteiger partial charge in [0, 0.05) is 6.42 Å². The van der Waals surface area contributed by atoms with E-state index in [1.807, 2.05) is 0 Å². The minimum Gasteiger partial charge on any atom is -0.465 e. The standard InChI is InChI=1S/C39H60N2O7/c1-6-27-31-21-25(42)16-18-39(31,5)30-17-19-38(4)28(13-14-29(38)35(30)36(27)45)23(3)8-15-33(43)41-22-34(44)48-26-11-9-24(10-12-26)20-32(40)37(46)47-7-2/h9-12,23,25,27-32,35-36,42,45H,6-8,13-22,40H2,1-5H3,(H,41,43)/t23-,25-,27-,28-,29+,30+,31?,32+,35+,36-,38-,39-/m1/s1. The minimum atomic E-state index is -0.757. The number of hydrogen-bond donors (Lipinski definition) is 4. The molecule has 4 aliphatic carbocycles. The Hall–Kier alpha value is -2.49. The van der Waals surface area contributed by atoms with E-state index in [-0.39, 0.29) is 48.0 Å². The maximum Gasteiger partial charge on any atom is 0.330 e. The van der Waals surface area contributed by atoms with Gasteiger partial charge in [0.15, 0.2) is 0 Å². The highest BCUT2D eigenvalue weighted by Gasteiger charge is 2.64. The molecule has 4 fully saturated rings. The van der Waals surface area contributed by atoms with E-state index in [2.05, 4.69) is 33.0 Å². The number of esters is 2. The van der Waals surface area contributed by atoms with Crippen molar-refractivity contribution in [3.63, 3.8) is 0 Å². The highest BCUT2D eigenvalue weighted by Crippen LogP contribution is 2.69. The number of nitrogens with two attached hydrogens (primary N) is 1. The Labute approximate surface area is 287 Å². The second-order valence-electron chi connectivity index (χ2n) is 16.1. The first-order valence-corrected chi connectivity index (χ1v) is 18.7. The van der Waals surface area contributed by atoms with Gasteiger partial charge in [-0.3, -0.25) is 9.59 Å². The van der Waals surface area contributed by atoms with Crippen LogP contribution in [-0.4, -0.2) is 59.5 Å². The minimum absolute atomic E-state index is 0.150. The van der Waals surface area contributed by atoms with Gasteiger partial charge in [-0.15, -0.1) is 0 Å². The van der Waals surface area contributed by atoms with Crippen LogP contribution < -0.4 is 15.8 Å². The molecule has 9 heteroatoms. The first-order valence-electron chi connectivity index (χ1n) is 18.7. The Morgan fingerprint density at radius 3 is 2.35 bits per heavy atom. The van der Waals surface area contributed by atoms with Crippen molar-refractivity contribution in [2.24, 2.45) is 58.0 Å². The quantitative estimate of drug-likeness (QED) is 0.176. The Balaban J connectivity index is 1.10.